The third kappa shape index (κ3) is 1.51. The number of nitrogens with two attached hydrogens (primary N) is 1. The number of anilines is 1. The Hall–Kier alpha value is -1.00. The van der Waals surface area contributed by atoms with E-state index in [1.807, 2.05) is 18.2 Å². The second kappa shape index (κ2) is 3.63. The minimum atomic E-state index is 0.150. The molecule has 1 heterocycles. The van der Waals surface area contributed by atoms with Gasteiger partial charge in [0.25, 0.3) is 0 Å². The number of carbonyl (C=O) groups is 1. The molecule has 2 rings (SSSR count). The highest BCUT2D eigenvalue weighted by Gasteiger charge is 2.21. The fraction of sp³-hybridized carbons (Fsp3) is 0.300. The van der Waals surface area contributed by atoms with Crippen LogP contribution in [-0.4, -0.2) is 18.7 Å². The zero-order chi connectivity index (χ0) is 10.1. The van der Waals surface area contributed by atoms with Crippen LogP contribution in [0.3, 0.4) is 0 Å². The van der Waals surface area contributed by atoms with Gasteiger partial charge in [-0.05, 0) is 17.7 Å². The fourth-order valence-electron chi connectivity index (χ4n) is 1.44. The van der Waals surface area contributed by atoms with E-state index in [-0.39, 0.29) is 5.91 Å². The van der Waals surface area contributed by atoms with Gasteiger partial charge < -0.3 is 10.6 Å². The number of carbonyl (C=O) groups excluding carboxylic acids is 1. The van der Waals surface area contributed by atoms with E-state index in [0.29, 0.717) is 12.3 Å². The van der Waals surface area contributed by atoms with E-state index in [1.165, 1.54) is 0 Å². The fourth-order valence-corrected chi connectivity index (χ4v) is 2.43. The topological polar surface area (TPSA) is 46.3 Å². The summed E-state index contributed by atoms with van der Waals surface area (Å²) in [6.07, 6.45) is 0. The van der Waals surface area contributed by atoms with Crippen LogP contribution in [0.5, 0.6) is 0 Å². The van der Waals surface area contributed by atoms with Crippen molar-refractivity contribution in [2.24, 2.45) is 5.73 Å². The maximum absolute atomic E-state index is 11.4. The Morgan fingerprint density at radius 2 is 2.36 bits per heavy atom. The van der Waals surface area contributed by atoms with Crippen LogP contribution in [0.25, 0.3) is 0 Å². The van der Waals surface area contributed by atoms with E-state index in [4.69, 9.17) is 5.73 Å². The number of thioether (sulfide) groups is 1. The molecule has 0 fully saturated rings. The predicted molar refractivity (Wildman–Crippen MR) is 58.5 cm³/mol. The zero-order valence-electron chi connectivity index (χ0n) is 7.99. The summed E-state index contributed by atoms with van der Waals surface area (Å²) in [4.78, 5) is 14.3. The Morgan fingerprint density at radius 3 is 3.07 bits per heavy atom. The Balaban J connectivity index is 2.46. The quantitative estimate of drug-likeness (QED) is 0.754. The van der Waals surface area contributed by atoms with Crippen molar-refractivity contribution in [1.29, 1.82) is 0 Å². The molecule has 0 atom stereocenters. The van der Waals surface area contributed by atoms with Crippen molar-refractivity contribution in [2.45, 2.75) is 11.4 Å². The molecule has 2 N–H and O–H groups in total. The Bertz CT molecular complexity index is 378. The molecule has 1 aromatic rings. The summed E-state index contributed by atoms with van der Waals surface area (Å²) in [6, 6.07) is 6.03. The standard InChI is InChI=1S/C10H12N2OS/c1-12-8-4-7(5-11)2-3-9(8)14-6-10(12)13/h2-4H,5-6,11H2,1H3. The Morgan fingerprint density at radius 1 is 1.57 bits per heavy atom. The maximum atomic E-state index is 11.4. The first-order chi connectivity index (χ1) is 6.72. The molecule has 0 saturated carbocycles. The minimum Gasteiger partial charge on any atom is -0.326 e. The largest absolute Gasteiger partial charge is 0.326 e. The van der Waals surface area contributed by atoms with Gasteiger partial charge in [-0.25, -0.2) is 0 Å². The second-order valence-electron chi connectivity index (χ2n) is 3.25. The second-order valence-corrected chi connectivity index (χ2v) is 4.26. The van der Waals surface area contributed by atoms with E-state index < -0.39 is 0 Å². The molecule has 4 heteroatoms. The average Bonchev–Trinajstić information content (AvgIpc) is 2.23. The van der Waals surface area contributed by atoms with Crippen molar-refractivity contribution in [3.8, 4) is 0 Å². The van der Waals surface area contributed by atoms with Gasteiger partial charge in [-0.2, -0.15) is 0 Å². The van der Waals surface area contributed by atoms with Gasteiger partial charge in [-0.1, -0.05) is 6.07 Å². The van der Waals surface area contributed by atoms with Crippen molar-refractivity contribution in [1.82, 2.24) is 0 Å². The zero-order valence-corrected chi connectivity index (χ0v) is 8.80. The molecule has 1 aliphatic rings. The van der Waals surface area contributed by atoms with Crippen molar-refractivity contribution in [2.75, 3.05) is 17.7 Å². The number of rotatable bonds is 1. The van der Waals surface area contributed by atoms with Gasteiger partial charge >= 0.3 is 0 Å². The molecule has 1 aliphatic heterocycles. The summed E-state index contributed by atoms with van der Waals surface area (Å²) in [5.41, 5.74) is 7.59. The van der Waals surface area contributed by atoms with Gasteiger partial charge in [0.15, 0.2) is 0 Å². The third-order valence-electron chi connectivity index (χ3n) is 2.35. The van der Waals surface area contributed by atoms with Gasteiger partial charge in [-0.3, -0.25) is 4.79 Å². The van der Waals surface area contributed by atoms with Crippen LogP contribution in [0.1, 0.15) is 5.56 Å². The lowest BCUT2D eigenvalue weighted by Crippen LogP contribution is -2.31. The Labute approximate surface area is 87.3 Å². The lowest BCUT2D eigenvalue weighted by molar-refractivity contribution is -0.116. The first kappa shape index (κ1) is 9.55. The third-order valence-corrected chi connectivity index (χ3v) is 3.39. The van der Waals surface area contributed by atoms with Gasteiger partial charge in [0, 0.05) is 18.5 Å². The molecular weight excluding hydrogens is 196 g/mol. The molecule has 1 aromatic carbocycles. The van der Waals surface area contributed by atoms with E-state index in [2.05, 4.69) is 0 Å². The molecule has 3 nitrogen and oxygen atoms in total. The van der Waals surface area contributed by atoms with Crippen molar-refractivity contribution in [3.05, 3.63) is 23.8 Å². The molecular formula is C10H12N2OS. The molecule has 14 heavy (non-hydrogen) atoms. The summed E-state index contributed by atoms with van der Waals surface area (Å²) < 4.78 is 0. The normalized spacial score (nSPS) is 15.6. The van der Waals surface area contributed by atoms with Crippen LogP contribution in [0, 0.1) is 0 Å². The highest BCUT2D eigenvalue weighted by atomic mass is 32.2. The van der Waals surface area contributed by atoms with Crippen LogP contribution in [-0.2, 0) is 11.3 Å². The van der Waals surface area contributed by atoms with Crippen LogP contribution < -0.4 is 10.6 Å². The first-order valence-corrected chi connectivity index (χ1v) is 5.43. The van der Waals surface area contributed by atoms with Crippen LogP contribution in [0.15, 0.2) is 23.1 Å². The van der Waals surface area contributed by atoms with Crippen LogP contribution in [0.4, 0.5) is 5.69 Å². The number of nitrogens with zero attached hydrogens (tertiary/aromatic N) is 1. The lowest BCUT2D eigenvalue weighted by atomic mass is 10.2. The van der Waals surface area contributed by atoms with Crippen molar-refractivity contribution in [3.63, 3.8) is 0 Å². The average molecular weight is 208 g/mol. The molecule has 74 valence electrons. The number of hydrogen-bond acceptors (Lipinski definition) is 3. The summed E-state index contributed by atoms with van der Waals surface area (Å²) in [7, 11) is 1.81. The molecule has 1 amide bonds. The summed E-state index contributed by atoms with van der Waals surface area (Å²) in [5, 5.41) is 0. The van der Waals surface area contributed by atoms with Crippen LogP contribution >= 0.6 is 11.8 Å². The highest BCUT2D eigenvalue weighted by molar-refractivity contribution is 8.00. The van der Waals surface area contributed by atoms with E-state index in [0.717, 1.165) is 16.1 Å². The number of amides is 1. The van der Waals surface area contributed by atoms with Gasteiger partial charge in [0.2, 0.25) is 5.91 Å². The summed E-state index contributed by atoms with van der Waals surface area (Å²) in [5.74, 6) is 0.683. The molecule has 0 aromatic heterocycles. The van der Waals surface area contributed by atoms with Crippen molar-refractivity contribution < 1.29 is 4.79 Å². The van der Waals surface area contributed by atoms with Crippen molar-refractivity contribution >= 4 is 23.4 Å². The summed E-state index contributed by atoms with van der Waals surface area (Å²) in [6.45, 7) is 0.514. The number of benzene rings is 1. The van der Waals surface area contributed by atoms with Gasteiger partial charge in [0.1, 0.15) is 0 Å². The smallest absolute Gasteiger partial charge is 0.237 e. The molecule has 0 radical (unpaired) electrons. The SMILES string of the molecule is CN1C(=O)CSc2ccc(CN)cc21. The number of hydrogen-bond donors (Lipinski definition) is 1. The monoisotopic (exact) mass is 208 g/mol. The van der Waals surface area contributed by atoms with E-state index in [9.17, 15) is 4.79 Å². The number of fused-ring (bicyclic) bond motifs is 1. The molecule has 0 bridgehead atoms. The lowest BCUT2D eigenvalue weighted by Gasteiger charge is -2.25. The van der Waals surface area contributed by atoms with E-state index in [1.54, 1.807) is 23.7 Å². The molecule has 0 aliphatic carbocycles. The molecule has 0 saturated heterocycles. The van der Waals surface area contributed by atoms with Gasteiger partial charge in [-0.15, -0.1) is 11.8 Å². The minimum absolute atomic E-state index is 0.150. The molecule has 0 unspecified atom stereocenters. The Kier molecular flexibility index (Phi) is 2.48. The summed E-state index contributed by atoms with van der Waals surface area (Å²) >= 11 is 1.59. The first-order valence-electron chi connectivity index (χ1n) is 4.44. The van der Waals surface area contributed by atoms with E-state index >= 15 is 0 Å². The van der Waals surface area contributed by atoms with Gasteiger partial charge in [0.05, 0.1) is 11.4 Å². The maximum Gasteiger partial charge on any atom is 0.237 e. The molecule has 0 spiro atoms. The predicted octanol–water partition coefficient (Wildman–Crippen LogP) is 1.21. The highest BCUT2D eigenvalue weighted by Crippen LogP contribution is 2.34. The van der Waals surface area contributed by atoms with Crippen LogP contribution in [0.2, 0.25) is 0 Å².